The third-order valence-corrected chi connectivity index (χ3v) is 8.03. The minimum absolute atomic E-state index is 0.00982. The molecule has 0 spiro atoms. The third kappa shape index (κ3) is 32.4. The maximum absolute atomic E-state index is 12.7. The SMILES string of the molecule is CC/C=C/C/C=C/C/C=C/C/C=C/CCCCCC(=O)OC(COCCC(C(=O)[O-])[N+](C)(C)C)COC(=O)CCCC/C=C/C/C=C/C/C=C/CC. The molecule has 0 aliphatic rings. The fourth-order valence-corrected chi connectivity index (χ4v) is 5.01. The van der Waals surface area contributed by atoms with Crippen LogP contribution in [0.25, 0.3) is 0 Å². The highest BCUT2D eigenvalue weighted by atomic mass is 16.6. The van der Waals surface area contributed by atoms with E-state index >= 15 is 0 Å². The fraction of sp³-hybridized carbons (Fsp3) is 0.614. The molecule has 0 heterocycles. The van der Waals surface area contributed by atoms with Gasteiger partial charge in [0.25, 0.3) is 0 Å². The van der Waals surface area contributed by atoms with Gasteiger partial charge in [-0.05, 0) is 83.5 Å². The molecule has 0 aliphatic carbocycles. The quantitative estimate of drug-likeness (QED) is 0.0288. The van der Waals surface area contributed by atoms with Crippen molar-refractivity contribution in [2.45, 2.75) is 135 Å². The molecular weight excluding hydrogens is 654 g/mol. The lowest BCUT2D eigenvalue weighted by atomic mass is 10.1. The number of carboxylic acids is 1. The van der Waals surface area contributed by atoms with Crippen molar-refractivity contribution in [3.05, 3.63) is 85.1 Å². The predicted molar refractivity (Wildman–Crippen MR) is 212 cm³/mol. The average Bonchev–Trinajstić information content (AvgIpc) is 3.09. The summed E-state index contributed by atoms with van der Waals surface area (Å²) in [6, 6.07) is -0.741. The number of hydrogen-bond donors (Lipinski definition) is 0. The number of unbranched alkanes of at least 4 members (excludes halogenated alkanes) is 5. The Morgan fingerprint density at radius 3 is 1.50 bits per heavy atom. The first-order valence-electron chi connectivity index (χ1n) is 19.6. The summed E-state index contributed by atoms with van der Waals surface area (Å²) in [6.45, 7) is 4.32. The molecule has 0 aromatic heterocycles. The van der Waals surface area contributed by atoms with Crippen LogP contribution >= 0.6 is 0 Å². The first kappa shape index (κ1) is 48.5. The summed E-state index contributed by atoms with van der Waals surface area (Å²) in [5.74, 6) is -1.84. The van der Waals surface area contributed by atoms with Gasteiger partial charge in [0.1, 0.15) is 12.6 Å². The summed E-state index contributed by atoms with van der Waals surface area (Å²) >= 11 is 0. The summed E-state index contributed by atoms with van der Waals surface area (Å²) in [7, 11) is 5.36. The number of quaternary nitrogens is 1. The van der Waals surface area contributed by atoms with Gasteiger partial charge in [-0.25, -0.2) is 0 Å². The number of likely N-dealkylation sites (N-methyl/N-ethyl adjacent to an activating group) is 1. The third-order valence-electron chi connectivity index (χ3n) is 8.03. The van der Waals surface area contributed by atoms with E-state index in [1.54, 1.807) is 21.1 Å². The molecule has 0 aliphatic heterocycles. The van der Waals surface area contributed by atoms with E-state index in [1.165, 1.54) is 0 Å². The van der Waals surface area contributed by atoms with Crippen molar-refractivity contribution in [3.63, 3.8) is 0 Å². The molecule has 0 fully saturated rings. The van der Waals surface area contributed by atoms with Gasteiger partial charge >= 0.3 is 11.9 Å². The van der Waals surface area contributed by atoms with Gasteiger partial charge in [0.05, 0.1) is 40.3 Å². The van der Waals surface area contributed by atoms with E-state index in [2.05, 4.69) is 98.9 Å². The Balaban J connectivity index is 4.55. The molecule has 0 bridgehead atoms. The van der Waals surface area contributed by atoms with E-state index in [9.17, 15) is 19.5 Å². The molecule has 0 radical (unpaired) electrons. The fourth-order valence-electron chi connectivity index (χ4n) is 5.01. The number of carboxylic acid groups (broad SMARTS) is 1. The molecule has 8 heteroatoms. The summed E-state index contributed by atoms with van der Waals surface area (Å²) in [4.78, 5) is 36.7. The van der Waals surface area contributed by atoms with Crippen LogP contribution in [-0.4, -0.2) is 75.5 Å². The zero-order valence-corrected chi connectivity index (χ0v) is 33.2. The van der Waals surface area contributed by atoms with Crippen molar-refractivity contribution in [1.29, 1.82) is 0 Å². The Morgan fingerprint density at radius 2 is 1.02 bits per heavy atom. The van der Waals surface area contributed by atoms with Gasteiger partial charge in [0.15, 0.2) is 6.10 Å². The second-order valence-electron chi connectivity index (χ2n) is 13.7. The first-order chi connectivity index (χ1) is 25.1. The van der Waals surface area contributed by atoms with E-state index in [4.69, 9.17) is 14.2 Å². The van der Waals surface area contributed by atoms with E-state index in [1.807, 2.05) is 0 Å². The molecule has 8 nitrogen and oxygen atoms in total. The van der Waals surface area contributed by atoms with Gasteiger partial charge < -0.3 is 28.6 Å². The molecule has 0 saturated heterocycles. The molecule has 0 amide bonds. The monoisotopic (exact) mass is 726 g/mol. The number of carbonyl (C=O) groups is 3. The number of allylic oxidation sites excluding steroid dienone is 14. The second kappa shape index (κ2) is 34.6. The maximum Gasteiger partial charge on any atom is 0.306 e. The Hall–Kier alpha value is -3.49. The Kier molecular flexibility index (Phi) is 32.3. The zero-order chi connectivity index (χ0) is 38.5. The summed E-state index contributed by atoms with van der Waals surface area (Å²) in [5.41, 5.74) is 0. The van der Waals surface area contributed by atoms with Crippen molar-refractivity contribution in [2.24, 2.45) is 0 Å². The number of esters is 2. The molecular formula is C44H71NO7. The maximum atomic E-state index is 12.7. The second-order valence-corrected chi connectivity index (χ2v) is 13.7. The molecule has 0 N–H and O–H groups in total. The number of ether oxygens (including phenoxy) is 3. The highest BCUT2D eigenvalue weighted by Gasteiger charge is 2.25. The summed E-state index contributed by atoms with van der Waals surface area (Å²) in [5, 5.41) is 11.6. The number of carbonyl (C=O) groups excluding carboxylic acids is 3. The van der Waals surface area contributed by atoms with Crippen LogP contribution in [0.1, 0.15) is 123 Å². The molecule has 2 unspecified atom stereocenters. The lowest BCUT2D eigenvalue weighted by molar-refractivity contribution is -0.889. The molecule has 0 rings (SSSR count). The van der Waals surface area contributed by atoms with Crippen LogP contribution in [0.2, 0.25) is 0 Å². The smallest absolute Gasteiger partial charge is 0.306 e. The molecule has 294 valence electrons. The van der Waals surface area contributed by atoms with Crippen LogP contribution in [-0.2, 0) is 28.6 Å². The zero-order valence-electron chi connectivity index (χ0n) is 33.2. The van der Waals surface area contributed by atoms with Gasteiger partial charge in [-0.15, -0.1) is 0 Å². The lowest BCUT2D eigenvalue weighted by Crippen LogP contribution is -2.55. The first-order valence-corrected chi connectivity index (χ1v) is 19.6. The van der Waals surface area contributed by atoms with Gasteiger partial charge in [0, 0.05) is 19.3 Å². The van der Waals surface area contributed by atoms with Gasteiger partial charge in [-0.3, -0.25) is 9.59 Å². The molecule has 2 atom stereocenters. The highest BCUT2D eigenvalue weighted by Crippen LogP contribution is 2.11. The minimum atomic E-state index is -1.14. The molecule has 0 aromatic carbocycles. The van der Waals surface area contributed by atoms with E-state index in [0.29, 0.717) is 12.8 Å². The number of hydrogen-bond acceptors (Lipinski definition) is 7. The Bertz CT molecular complexity index is 1120. The largest absolute Gasteiger partial charge is 0.544 e. The van der Waals surface area contributed by atoms with Gasteiger partial charge in [-0.1, -0.05) is 105 Å². The molecule has 0 aromatic rings. The summed E-state index contributed by atoms with van der Waals surface area (Å²) < 4.78 is 17.0. The number of aliphatic carboxylic acids is 1. The molecule has 0 saturated carbocycles. The van der Waals surface area contributed by atoms with Crippen LogP contribution in [0, 0.1) is 0 Å². The van der Waals surface area contributed by atoms with Crippen molar-refractivity contribution in [1.82, 2.24) is 0 Å². The Morgan fingerprint density at radius 1 is 0.577 bits per heavy atom. The van der Waals surface area contributed by atoms with Crippen LogP contribution < -0.4 is 5.11 Å². The summed E-state index contributed by atoms with van der Waals surface area (Å²) in [6.07, 6.45) is 43.3. The van der Waals surface area contributed by atoms with E-state index in [-0.39, 0.29) is 55.5 Å². The lowest BCUT2D eigenvalue weighted by Gasteiger charge is -2.34. The van der Waals surface area contributed by atoms with Crippen molar-refractivity contribution < 1.29 is 38.2 Å². The topological polar surface area (TPSA) is 102 Å². The molecule has 52 heavy (non-hydrogen) atoms. The van der Waals surface area contributed by atoms with Crippen molar-refractivity contribution >= 4 is 17.9 Å². The van der Waals surface area contributed by atoms with Crippen LogP contribution in [0.15, 0.2) is 85.1 Å². The van der Waals surface area contributed by atoms with Crippen molar-refractivity contribution in [3.8, 4) is 0 Å². The van der Waals surface area contributed by atoms with Crippen LogP contribution in [0.3, 0.4) is 0 Å². The van der Waals surface area contributed by atoms with Gasteiger partial charge in [0.2, 0.25) is 0 Å². The standard InChI is InChI=1S/C44H71NO7/c1-6-8-10-12-14-16-18-20-21-22-23-25-27-29-31-33-35-43(47)52-40(38-50-37-36-41(44(48)49)45(3,4)5)39-51-42(46)34-32-30-28-26-24-19-17-15-13-11-9-7-2/h8-11,14-17,20-21,23-26,40-41H,6-7,12-13,18-19,22,27-39H2,1-5H3/b10-8+,11-9+,16-14+,17-15+,21-20+,25-23+,26-24+. The predicted octanol–water partition coefficient (Wildman–Crippen LogP) is 8.85. The normalized spacial score (nSPS) is 13.9. The Labute approximate surface area is 316 Å². The van der Waals surface area contributed by atoms with Gasteiger partial charge in [-0.2, -0.15) is 0 Å². The number of nitrogens with zero attached hydrogens (tertiary/aromatic N) is 1. The minimum Gasteiger partial charge on any atom is -0.544 e. The van der Waals surface area contributed by atoms with Crippen LogP contribution in [0.5, 0.6) is 0 Å². The number of rotatable bonds is 33. The van der Waals surface area contributed by atoms with Crippen LogP contribution in [0.4, 0.5) is 0 Å². The van der Waals surface area contributed by atoms with E-state index in [0.717, 1.165) is 77.0 Å². The van der Waals surface area contributed by atoms with E-state index < -0.39 is 18.1 Å². The van der Waals surface area contributed by atoms with Crippen molar-refractivity contribution in [2.75, 3.05) is 41.0 Å². The average molecular weight is 726 g/mol. The highest BCUT2D eigenvalue weighted by molar-refractivity contribution is 5.70.